The molecule has 0 aromatic heterocycles. The molecule has 0 spiro atoms. The zero-order chi connectivity index (χ0) is 25.9. The number of anilines is 1. The lowest BCUT2D eigenvalue weighted by Gasteiger charge is -2.33. The van der Waals surface area contributed by atoms with Crippen LogP contribution in [0.2, 0.25) is 0 Å². The van der Waals surface area contributed by atoms with E-state index < -0.39 is 0 Å². The number of benzene rings is 3. The third kappa shape index (κ3) is 5.47. The highest BCUT2D eigenvalue weighted by molar-refractivity contribution is 8.04. The number of nitrogens with zero attached hydrogens (tertiary/aromatic N) is 2. The van der Waals surface area contributed by atoms with Crippen molar-refractivity contribution < 1.29 is 14.4 Å². The van der Waals surface area contributed by atoms with Crippen LogP contribution in [0.5, 0.6) is 0 Å². The number of primary amides is 1. The van der Waals surface area contributed by atoms with Gasteiger partial charge in [0, 0.05) is 29.5 Å². The molecule has 0 aliphatic carbocycles. The van der Waals surface area contributed by atoms with Crippen LogP contribution in [0.4, 0.5) is 5.69 Å². The number of fused-ring (bicyclic) bond motifs is 1. The maximum atomic E-state index is 13.8. The predicted octanol–water partition coefficient (Wildman–Crippen LogP) is 5.01. The van der Waals surface area contributed by atoms with Crippen LogP contribution >= 0.6 is 11.8 Å². The average Bonchev–Trinajstić information content (AvgIpc) is 2.91. The molecule has 0 atom stereocenters. The Balaban J connectivity index is 1.48. The van der Waals surface area contributed by atoms with Gasteiger partial charge < -0.3 is 15.5 Å². The lowest BCUT2D eigenvalue weighted by atomic mass is 9.96. The second-order valence-electron chi connectivity index (χ2n) is 9.55. The van der Waals surface area contributed by atoms with Crippen molar-refractivity contribution in [3.63, 3.8) is 0 Å². The normalized spacial score (nSPS) is 17.1. The lowest BCUT2D eigenvalue weighted by molar-refractivity contribution is -0.123. The quantitative estimate of drug-likeness (QED) is 0.488. The zero-order valence-corrected chi connectivity index (χ0v) is 21.5. The second kappa shape index (κ2) is 10.6. The van der Waals surface area contributed by atoms with Gasteiger partial charge in [-0.1, -0.05) is 71.9 Å². The molecule has 3 aromatic rings. The van der Waals surface area contributed by atoms with E-state index in [9.17, 15) is 14.4 Å². The Hall–Kier alpha value is -3.84. The van der Waals surface area contributed by atoms with E-state index in [1.165, 1.54) is 11.8 Å². The Labute approximate surface area is 221 Å². The molecule has 2 aliphatic heterocycles. The topological polar surface area (TPSA) is 83.7 Å². The van der Waals surface area contributed by atoms with Crippen molar-refractivity contribution in [2.45, 2.75) is 31.2 Å². The molecular weight excluding hydrogens is 482 g/mol. The number of carbonyl (C=O) groups is 3. The number of rotatable bonds is 5. The largest absolute Gasteiger partial charge is 0.369 e. The smallest absolute Gasteiger partial charge is 0.265 e. The van der Waals surface area contributed by atoms with Gasteiger partial charge in [-0.25, -0.2) is 0 Å². The fourth-order valence-corrected chi connectivity index (χ4v) is 5.88. The fourth-order valence-electron chi connectivity index (χ4n) is 4.84. The summed E-state index contributed by atoms with van der Waals surface area (Å²) >= 11 is 1.43. The molecular formula is C30H29N3O3S. The average molecular weight is 512 g/mol. The van der Waals surface area contributed by atoms with Crippen LogP contribution in [0.25, 0.3) is 6.08 Å². The van der Waals surface area contributed by atoms with Gasteiger partial charge in [0.2, 0.25) is 5.91 Å². The summed E-state index contributed by atoms with van der Waals surface area (Å²) in [6.07, 6.45) is 3.07. The van der Waals surface area contributed by atoms with Crippen molar-refractivity contribution in [1.82, 2.24) is 4.90 Å². The molecule has 1 saturated heterocycles. The van der Waals surface area contributed by atoms with Crippen molar-refractivity contribution in [2.75, 3.05) is 18.0 Å². The highest BCUT2D eigenvalue weighted by atomic mass is 32.2. The minimum Gasteiger partial charge on any atom is -0.369 e. The monoisotopic (exact) mass is 511 g/mol. The van der Waals surface area contributed by atoms with E-state index in [2.05, 4.69) is 6.07 Å². The van der Waals surface area contributed by atoms with Gasteiger partial charge in [-0.05, 0) is 55.2 Å². The third-order valence-corrected chi connectivity index (χ3v) is 7.96. The molecule has 2 aliphatic rings. The van der Waals surface area contributed by atoms with Gasteiger partial charge in [-0.2, -0.15) is 0 Å². The number of hydrogen-bond acceptors (Lipinski definition) is 4. The number of hydrogen-bond donors (Lipinski definition) is 1. The van der Waals surface area contributed by atoms with E-state index in [1.807, 2.05) is 79.7 Å². The molecule has 0 unspecified atom stereocenters. The Morgan fingerprint density at radius 3 is 2.46 bits per heavy atom. The van der Waals surface area contributed by atoms with Crippen molar-refractivity contribution in [1.29, 1.82) is 0 Å². The molecule has 0 bridgehead atoms. The van der Waals surface area contributed by atoms with Crippen molar-refractivity contribution in [2.24, 2.45) is 11.7 Å². The first-order valence-corrected chi connectivity index (χ1v) is 13.3. The number of aryl methyl sites for hydroxylation is 1. The second-order valence-corrected chi connectivity index (χ2v) is 10.6. The first-order chi connectivity index (χ1) is 17.9. The summed E-state index contributed by atoms with van der Waals surface area (Å²) in [4.78, 5) is 43.7. The van der Waals surface area contributed by atoms with Crippen LogP contribution in [-0.4, -0.2) is 35.7 Å². The summed E-state index contributed by atoms with van der Waals surface area (Å²) < 4.78 is 0. The molecule has 3 amide bonds. The Kier molecular flexibility index (Phi) is 7.15. The summed E-state index contributed by atoms with van der Waals surface area (Å²) in [5.74, 6) is -0.664. The van der Waals surface area contributed by atoms with Crippen LogP contribution in [0, 0.1) is 12.8 Å². The molecule has 2 heterocycles. The Bertz CT molecular complexity index is 1380. The molecule has 0 saturated carbocycles. The van der Waals surface area contributed by atoms with E-state index in [0.29, 0.717) is 42.9 Å². The summed E-state index contributed by atoms with van der Waals surface area (Å²) in [5, 5.41) is 0. The first kappa shape index (κ1) is 24.8. The lowest BCUT2D eigenvalue weighted by Crippen LogP contribution is -2.41. The minimum absolute atomic E-state index is 0.0882. The van der Waals surface area contributed by atoms with E-state index in [0.717, 1.165) is 27.3 Å². The number of piperidine rings is 1. The third-order valence-electron chi connectivity index (χ3n) is 6.88. The molecule has 7 heteroatoms. The van der Waals surface area contributed by atoms with E-state index in [1.54, 1.807) is 9.80 Å². The van der Waals surface area contributed by atoms with Gasteiger partial charge in [-0.3, -0.25) is 14.4 Å². The Morgan fingerprint density at radius 1 is 1.00 bits per heavy atom. The molecule has 2 N–H and O–H groups in total. The van der Waals surface area contributed by atoms with Gasteiger partial charge in [-0.15, -0.1) is 0 Å². The zero-order valence-electron chi connectivity index (χ0n) is 20.7. The first-order valence-electron chi connectivity index (χ1n) is 12.4. The van der Waals surface area contributed by atoms with E-state index in [-0.39, 0.29) is 23.6 Å². The van der Waals surface area contributed by atoms with Crippen LogP contribution in [0.3, 0.4) is 0 Å². The molecule has 6 nitrogen and oxygen atoms in total. The number of thioether (sulfide) groups is 1. The van der Waals surface area contributed by atoms with Gasteiger partial charge in [0.05, 0.1) is 17.1 Å². The molecule has 5 rings (SSSR count). The van der Waals surface area contributed by atoms with Crippen molar-refractivity contribution in [3.8, 4) is 0 Å². The van der Waals surface area contributed by atoms with E-state index >= 15 is 0 Å². The summed E-state index contributed by atoms with van der Waals surface area (Å²) in [5.41, 5.74) is 9.83. The van der Waals surface area contributed by atoms with Gasteiger partial charge in [0.15, 0.2) is 0 Å². The fraction of sp³-hybridized carbons (Fsp3) is 0.233. The standard InChI is InChI=1S/C30H29N3O3S/c1-20-6-5-9-22(16-20)19-33-25-18-24(29(35)32-14-12-23(13-15-32)28(31)34)10-11-26(25)37-27(30(33)36)17-21-7-3-2-4-8-21/h2-11,16-18,23H,12-15,19H2,1H3,(H2,31,34). The van der Waals surface area contributed by atoms with Gasteiger partial charge in [0.25, 0.3) is 11.8 Å². The van der Waals surface area contributed by atoms with Crippen molar-refractivity contribution in [3.05, 3.63) is 100.0 Å². The highest BCUT2D eigenvalue weighted by Crippen LogP contribution is 2.43. The van der Waals surface area contributed by atoms with Crippen LogP contribution in [0.15, 0.2) is 82.6 Å². The van der Waals surface area contributed by atoms with Gasteiger partial charge >= 0.3 is 0 Å². The molecule has 1 fully saturated rings. The Morgan fingerprint density at radius 2 is 1.76 bits per heavy atom. The molecule has 0 radical (unpaired) electrons. The summed E-state index contributed by atoms with van der Waals surface area (Å²) in [7, 11) is 0. The predicted molar refractivity (Wildman–Crippen MR) is 147 cm³/mol. The maximum absolute atomic E-state index is 13.8. The van der Waals surface area contributed by atoms with Gasteiger partial charge in [0.1, 0.15) is 0 Å². The number of amides is 3. The highest BCUT2D eigenvalue weighted by Gasteiger charge is 2.32. The van der Waals surface area contributed by atoms with E-state index in [4.69, 9.17) is 5.73 Å². The summed E-state index contributed by atoms with van der Waals surface area (Å²) in [6, 6.07) is 23.5. The molecule has 37 heavy (non-hydrogen) atoms. The minimum atomic E-state index is -0.303. The summed E-state index contributed by atoms with van der Waals surface area (Å²) in [6.45, 7) is 3.43. The molecule has 188 valence electrons. The van der Waals surface area contributed by atoms with Crippen molar-refractivity contribution >= 4 is 41.2 Å². The number of likely N-dealkylation sites (tertiary alicyclic amines) is 1. The van der Waals surface area contributed by atoms with Crippen LogP contribution in [0.1, 0.15) is 39.9 Å². The van der Waals surface area contributed by atoms with Crippen LogP contribution < -0.4 is 10.6 Å². The number of nitrogens with two attached hydrogens (primary N) is 1. The van der Waals surface area contributed by atoms with Crippen LogP contribution in [-0.2, 0) is 16.1 Å². The number of carbonyl (C=O) groups excluding carboxylic acids is 3. The SMILES string of the molecule is Cc1cccc(CN2C(=O)C(=Cc3ccccc3)Sc3ccc(C(=O)N4CCC(C(N)=O)CC4)cc32)c1. The molecule has 3 aromatic carbocycles. The maximum Gasteiger partial charge on any atom is 0.265 e.